The van der Waals surface area contributed by atoms with Gasteiger partial charge in [-0.15, -0.1) is 0 Å². The van der Waals surface area contributed by atoms with Gasteiger partial charge in [0.1, 0.15) is 41.2 Å². The topological polar surface area (TPSA) is 194 Å². The van der Waals surface area contributed by atoms with Crippen molar-refractivity contribution in [1.82, 2.24) is 0 Å². The van der Waals surface area contributed by atoms with Crippen molar-refractivity contribution in [3.8, 4) is 17.2 Å². The molecule has 11 heteroatoms. The van der Waals surface area contributed by atoms with Crippen molar-refractivity contribution >= 4 is 22.5 Å². The molecule has 0 amide bonds. The molecule has 1 aliphatic heterocycles. The maximum absolute atomic E-state index is 12.2. The minimum absolute atomic E-state index is 0.00811. The highest BCUT2D eigenvalue weighted by Crippen LogP contribution is 2.45. The van der Waals surface area contributed by atoms with Crippen molar-refractivity contribution in [1.29, 1.82) is 0 Å². The molecule has 3 rings (SSSR count). The van der Waals surface area contributed by atoms with Gasteiger partial charge in [0.2, 0.25) is 6.29 Å². The van der Waals surface area contributed by atoms with Crippen LogP contribution in [0.25, 0.3) is 10.8 Å². The van der Waals surface area contributed by atoms with Crippen LogP contribution in [0.2, 0.25) is 0 Å². The Morgan fingerprint density at radius 2 is 1.81 bits per heavy atom. The third kappa shape index (κ3) is 4.72. The Morgan fingerprint density at radius 1 is 1.17 bits per heavy atom. The monoisotopic (exact) mass is 508 g/mol. The van der Waals surface area contributed by atoms with Crippen LogP contribution in [-0.2, 0) is 4.74 Å². The van der Waals surface area contributed by atoms with E-state index in [1.807, 2.05) is 13.8 Å². The molecule has 0 aliphatic carbocycles. The van der Waals surface area contributed by atoms with Crippen LogP contribution in [0.3, 0.4) is 0 Å². The number of carbonyl (C=O) groups is 2. The van der Waals surface area contributed by atoms with Gasteiger partial charge in [-0.1, -0.05) is 13.8 Å². The van der Waals surface area contributed by atoms with Crippen molar-refractivity contribution in [2.75, 3.05) is 6.61 Å². The van der Waals surface area contributed by atoms with Crippen molar-refractivity contribution in [3.63, 3.8) is 0 Å². The summed E-state index contributed by atoms with van der Waals surface area (Å²) < 4.78 is 11.3. The van der Waals surface area contributed by atoms with E-state index >= 15 is 0 Å². The summed E-state index contributed by atoms with van der Waals surface area (Å²) >= 11 is 0. The molecule has 0 aromatic heterocycles. The van der Waals surface area contributed by atoms with Crippen molar-refractivity contribution in [2.45, 2.75) is 70.7 Å². The van der Waals surface area contributed by atoms with Crippen LogP contribution in [0.5, 0.6) is 17.2 Å². The van der Waals surface area contributed by atoms with Gasteiger partial charge in [0.15, 0.2) is 5.78 Å². The molecule has 5 atom stereocenters. The van der Waals surface area contributed by atoms with Crippen molar-refractivity contribution in [3.05, 3.63) is 28.8 Å². The molecule has 2 aromatic carbocycles. The number of carboxylic acid groups (broad SMARTS) is 1. The number of hydrogen-bond donors (Lipinski definition) is 7. The molecule has 11 nitrogen and oxygen atoms in total. The summed E-state index contributed by atoms with van der Waals surface area (Å²) in [5.74, 6) is -3.24. The second kappa shape index (κ2) is 10.2. The lowest BCUT2D eigenvalue weighted by molar-refractivity contribution is -0.315. The summed E-state index contributed by atoms with van der Waals surface area (Å²) in [4.78, 5) is 23.9. The van der Waals surface area contributed by atoms with Crippen LogP contribution >= 0.6 is 0 Å². The first-order chi connectivity index (χ1) is 16.7. The Labute approximate surface area is 207 Å². The first-order valence-electron chi connectivity index (χ1n) is 11.5. The fourth-order valence-corrected chi connectivity index (χ4v) is 4.56. The lowest BCUT2D eigenvalue weighted by Gasteiger charge is -2.48. The van der Waals surface area contributed by atoms with Gasteiger partial charge in [0.25, 0.3) is 0 Å². The Balaban J connectivity index is 2.13. The molecule has 1 fully saturated rings. The number of aliphatic hydroxyl groups is 4. The number of fused-ring (bicyclic) bond motifs is 1. The number of aromatic hydroxyl groups is 2. The highest BCUT2D eigenvalue weighted by molar-refractivity contribution is 6.11. The number of rotatable bonds is 8. The van der Waals surface area contributed by atoms with E-state index < -0.39 is 60.1 Å². The molecule has 0 unspecified atom stereocenters. The number of phenols is 2. The summed E-state index contributed by atoms with van der Waals surface area (Å²) in [5, 5.41) is 73.2. The van der Waals surface area contributed by atoms with Crippen LogP contribution < -0.4 is 4.74 Å². The summed E-state index contributed by atoms with van der Waals surface area (Å²) in [5.41, 5.74) is -2.53. The molecule has 36 heavy (non-hydrogen) atoms. The summed E-state index contributed by atoms with van der Waals surface area (Å²) in [6, 6.07) is 2.09. The summed E-state index contributed by atoms with van der Waals surface area (Å²) in [6.45, 7) is 5.62. The van der Waals surface area contributed by atoms with Crippen molar-refractivity contribution < 1.29 is 54.8 Å². The highest BCUT2D eigenvalue weighted by atomic mass is 16.7. The lowest BCUT2D eigenvalue weighted by atomic mass is 9.79. The molecule has 1 heterocycles. The fraction of sp³-hybridized carbons (Fsp3) is 0.520. The number of ether oxygens (including phenoxy) is 2. The molecule has 1 saturated heterocycles. The maximum atomic E-state index is 12.2. The Hall–Kier alpha value is -2.96. The highest BCUT2D eigenvalue weighted by Gasteiger charge is 2.55. The zero-order valence-corrected chi connectivity index (χ0v) is 20.4. The first kappa shape index (κ1) is 27.6. The molecule has 0 bridgehead atoms. The van der Waals surface area contributed by atoms with Gasteiger partial charge < -0.3 is 45.2 Å². The molecule has 0 saturated carbocycles. The summed E-state index contributed by atoms with van der Waals surface area (Å²) in [7, 11) is 0. The van der Waals surface area contributed by atoms with Gasteiger partial charge >= 0.3 is 5.97 Å². The lowest BCUT2D eigenvalue weighted by Crippen LogP contribution is -2.67. The van der Waals surface area contributed by atoms with Gasteiger partial charge in [-0.2, -0.15) is 0 Å². The number of phenolic OH excluding ortho intramolecular Hbond substituents is 2. The zero-order chi connectivity index (χ0) is 27.1. The zero-order valence-electron chi connectivity index (χ0n) is 20.4. The van der Waals surface area contributed by atoms with E-state index in [0.717, 1.165) is 12.1 Å². The number of ketones is 1. The third-order valence-electron chi connectivity index (χ3n) is 6.66. The SMILES string of the molecule is CC(=O)c1c(C)c(O)c2cc(C(=O)O)cc(O[C@@H]3O[C@H](CO)[C@](O)(CCC(C)C)[C@H](O)[C@H]3O)c2c1O. The molecule has 1 aliphatic rings. The van der Waals surface area contributed by atoms with Crippen LogP contribution in [0, 0.1) is 12.8 Å². The van der Waals surface area contributed by atoms with E-state index in [2.05, 4.69) is 0 Å². The predicted molar refractivity (Wildman–Crippen MR) is 126 cm³/mol. The smallest absolute Gasteiger partial charge is 0.335 e. The Kier molecular flexibility index (Phi) is 7.82. The molecule has 0 radical (unpaired) electrons. The number of aliphatic hydroxyl groups excluding tert-OH is 3. The van der Waals surface area contributed by atoms with Crippen LogP contribution in [0.1, 0.15) is 59.9 Å². The van der Waals surface area contributed by atoms with E-state index in [9.17, 15) is 45.3 Å². The second-order valence-electron chi connectivity index (χ2n) is 9.61. The first-order valence-corrected chi connectivity index (χ1v) is 11.5. The molecule has 7 N–H and O–H groups in total. The van der Waals surface area contributed by atoms with Crippen LogP contribution in [0.15, 0.2) is 12.1 Å². The summed E-state index contributed by atoms with van der Waals surface area (Å²) in [6.07, 6.45) is -6.27. The number of carbonyl (C=O) groups excluding carboxylic acids is 1. The molecule has 198 valence electrons. The second-order valence-corrected chi connectivity index (χ2v) is 9.61. The average molecular weight is 509 g/mol. The minimum atomic E-state index is -2.00. The number of benzene rings is 2. The largest absolute Gasteiger partial charge is 0.507 e. The van der Waals surface area contributed by atoms with Gasteiger partial charge in [0, 0.05) is 10.9 Å². The maximum Gasteiger partial charge on any atom is 0.335 e. The number of hydrogen-bond acceptors (Lipinski definition) is 10. The predicted octanol–water partition coefficient (Wildman–Crippen LogP) is 1.45. The Bertz CT molecular complexity index is 1170. The van der Waals surface area contributed by atoms with Crippen molar-refractivity contribution in [2.24, 2.45) is 5.92 Å². The van der Waals surface area contributed by atoms with Crippen LogP contribution in [0.4, 0.5) is 0 Å². The Morgan fingerprint density at radius 3 is 2.33 bits per heavy atom. The number of carboxylic acids is 1. The normalized spacial score (nSPS) is 26.4. The number of aromatic carboxylic acids is 1. The third-order valence-corrected chi connectivity index (χ3v) is 6.66. The average Bonchev–Trinajstić information content (AvgIpc) is 2.81. The van der Waals surface area contributed by atoms with E-state index in [1.54, 1.807) is 0 Å². The van der Waals surface area contributed by atoms with Crippen LogP contribution in [-0.4, -0.2) is 84.3 Å². The van der Waals surface area contributed by atoms with Gasteiger partial charge in [-0.05, 0) is 44.7 Å². The quantitative estimate of drug-likeness (QED) is 0.201. The molecular formula is C25H32O11. The van der Waals surface area contributed by atoms with E-state index in [0.29, 0.717) is 6.42 Å². The standard InChI is InChI=1S/C25H32O11/c1-10(2)5-6-25(34)16(9-26)36-24(21(30)22(25)31)35-15-8-13(23(32)33)7-14-18(15)20(29)17(12(4)27)11(3)19(14)28/h7-8,10,16,21-22,24,26,28-31,34H,5-6,9H2,1-4H3,(H,32,33)/t16-,21-,22-,24-,25-/m1/s1. The molecule has 0 spiro atoms. The van der Waals surface area contributed by atoms with E-state index in [1.165, 1.54) is 13.8 Å². The minimum Gasteiger partial charge on any atom is -0.507 e. The molecular weight excluding hydrogens is 476 g/mol. The van der Waals surface area contributed by atoms with Gasteiger partial charge in [-0.25, -0.2) is 4.79 Å². The van der Waals surface area contributed by atoms with E-state index in [4.69, 9.17) is 9.47 Å². The van der Waals surface area contributed by atoms with Gasteiger partial charge in [0.05, 0.1) is 23.1 Å². The van der Waals surface area contributed by atoms with Gasteiger partial charge in [-0.3, -0.25) is 4.79 Å². The molecule has 2 aromatic rings. The fourth-order valence-electron chi connectivity index (χ4n) is 4.56. The number of Topliss-reactive ketones (excluding diaryl/α,β-unsaturated/α-hetero) is 1. The van der Waals surface area contributed by atoms with E-state index in [-0.39, 0.29) is 45.6 Å².